The number of rotatable bonds is 7. The summed E-state index contributed by atoms with van der Waals surface area (Å²) in [4.78, 5) is 0. The second-order valence-corrected chi connectivity index (χ2v) is 5.04. The van der Waals surface area contributed by atoms with Gasteiger partial charge in [0.15, 0.2) is 0 Å². The van der Waals surface area contributed by atoms with Gasteiger partial charge in [-0.3, -0.25) is 0 Å². The van der Waals surface area contributed by atoms with Crippen molar-refractivity contribution in [3.63, 3.8) is 0 Å². The van der Waals surface area contributed by atoms with Crippen molar-refractivity contribution in [2.75, 3.05) is 13.7 Å². The van der Waals surface area contributed by atoms with Gasteiger partial charge in [-0.25, -0.2) is 4.39 Å². The van der Waals surface area contributed by atoms with Gasteiger partial charge in [0.2, 0.25) is 0 Å². The normalized spacial score (nSPS) is 12.1. The van der Waals surface area contributed by atoms with E-state index in [-0.39, 0.29) is 11.9 Å². The van der Waals surface area contributed by atoms with E-state index in [0.717, 1.165) is 30.7 Å². The van der Waals surface area contributed by atoms with Crippen LogP contribution in [0.1, 0.15) is 30.5 Å². The van der Waals surface area contributed by atoms with Crippen LogP contribution >= 0.6 is 0 Å². The molecule has 0 saturated carbocycles. The molecule has 2 rings (SSSR count). The third-order valence-corrected chi connectivity index (χ3v) is 3.63. The molecule has 0 aliphatic carbocycles. The zero-order valence-corrected chi connectivity index (χ0v) is 12.6. The largest absolute Gasteiger partial charge is 0.497 e. The van der Waals surface area contributed by atoms with Crippen molar-refractivity contribution >= 4 is 0 Å². The summed E-state index contributed by atoms with van der Waals surface area (Å²) in [6.45, 7) is 2.87. The molecule has 0 fully saturated rings. The van der Waals surface area contributed by atoms with E-state index < -0.39 is 0 Å². The molecule has 2 aromatic rings. The number of halogens is 1. The molecule has 1 N–H and O–H groups in total. The van der Waals surface area contributed by atoms with Gasteiger partial charge in [-0.15, -0.1) is 0 Å². The Hall–Kier alpha value is -1.87. The van der Waals surface area contributed by atoms with Crippen LogP contribution in [-0.2, 0) is 6.42 Å². The zero-order valence-electron chi connectivity index (χ0n) is 12.6. The molecule has 0 aromatic heterocycles. The molecule has 0 saturated heterocycles. The maximum absolute atomic E-state index is 13.8. The Labute approximate surface area is 126 Å². The number of benzene rings is 2. The van der Waals surface area contributed by atoms with Gasteiger partial charge in [-0.05, 0) is 43.1 Å². The van der Waals surface area contributed by atoms with Crippen LogP contribution in [0.3, 0.4) is 0 Å². The number of methoxy groups -OCH3 is 1. The van der Waals surface area contributed by atoms with E-state index in [1.54, 1.807) is 13.2 Å². The maximum atomic E-state index is 13.8. The van der Waals surface area contributed by atoms with Crippen LogP contribution in [0.4, 0.5) is 4.39 Å². The highest BCUT2D eigenvalue weighted by molar-refractivity contribution is 5.28. The molecule has 21 heavy (non-hydrogen) atoms. The lowest BCUT2D eigenvalue weighted by atomic mass is 10.0. The van der Waals surface area contributed by atoms with Crippen molar-refractivity contribution in [1.29, 1.82) is 0 Å². The van der Waals surface area contributed by atoms with Crippen LogP contribution in [0.2, 0.25) is 0 Å². The van der Waals surface area contributed by atoms with E-state index in [9.17, 15) is 4.39 Å². The van der Waals surface area contributed by atoms with Crippen molar-refractivity contribution in [2.24, 2.45) is 0 Å². The second kappa shape index (κ2) is 7.79. The molecule has 0 aliphatic heterocycles. The summed E-state index contributed by atoms with van der Waals surface area (Å²) in [5.41, 5.74) is 1.95. The van der Waals surface area contributed by atoms with Gasteiger partial charge in [0.05, 0.1) is 7.11 Å². The van der Waals surface area contributed by atoms with Gasteiger partial charge in [0, 0.05) is 11.6 Å². The molecule has 0 amide bonds. The number of nitrogens with one attached hydrogen (secondary N) is 1. The van der Waals surface area contributed by atoms with Gasteiger partial charge in [0.1, 0.15) is 11.6 Å². The fourth-order valence-corrected chi connectivity index (χ4v) is 2.45. The molecule has 0 heterocycles. The molecule has 3 heteroatoms. The predicted molar refractivity (Wildman–Crippen MR) is 84.1 cm³/mol. The predicted octanol–water partition coefficient (Wildman–Crippen LogP) is 4.12. The van der Waals surface area contributed by atoms with Crippen LogP contribution in [-0.4, -0.2) is 13.7 Å². The molecule has 0 aliphatic rings. The molecular formula is C18H22FNO. The fourth-order valence-electron chi connectivity index (χ4n) is 2.45. The summed E-state index contributed by atoms with van der Waals surface area (Å²) in [5.74, 6) is 0.729. The Morgan fingerprint density at radius 3 is 2.67 bits per heavy atom. The van der Waals surface area contributed by atoms with E-state index in [4.69, 9.17) is 4.74 Å². The topological polar surface area (TPSA) is 21.3 Å². The first-order valence-electron chi connectivity index (χ1n) is 7.35. The monoisotopic (exact) mass is 287 g/mol. The average Bonchev–Trinajstić information content (AvgIpc) is 2.53. The van der Waals surface area contributed by atoms with E-state index >= 15 is 0 Å². The fraction of sp³-hybridized carbons (Fsp3) is 0.333. The van der Waals surface area contributed by atoms with Gasteiger partial charge >= 0.3 is 0 Å². The molecule has 2 nitrogen and oxygen atoms in total. The van der Waals surface area contributed by atoms with Crippen molar-refractivity contribution in [3.8, 4) is 5.75 Å². The molecule has 0 bridgehead atoms. The smallest absolute Gasteiger partial charge is 0.127 e. The Morgan fingerprint density at radius 2 is 1.95 bits per heavy atom. The van der Waals surface area contributed by atoms with Crippen LogP contribution in [0, 0.1) is 5.82 Å². The Kier molecular flexibility index (Phi) is 5.76. The third kappa shape index (κ3) is 4.30. The molecular weight excluding hydrogens is 265 g/mol. The molecule has 2 aromatic carbocycles. The minimum Gasteiger partial charge on any atom is -0.497 e. The first-order valence-corrected chi connectivity index (χ1v) is 7.35. The SMILES string of the molecule is CCC(NCCc1cccc(OC)c1)c1ccccc1F. The zero-order chi connectivity index (χ0) is 15.1. The minimum atomic E-state index is -0.141. The molecule has 0 spiro atoms. The van der Waals surface area contributed by atoms with Gasteiger partial charge < -0.3 is 10.1 Å². The van der Waals surface area contributed by atoms with Crippen LogP contribution < -0.4 is 10.1 Å². The lowest BCUT2D eigenvalue weighted by molar-refractivity contribution is 0.414. The standard InChI is InChI=1S/C18H22FNO/c1-3-18(16-9-4-5-10-17(16)19)20-12-11-14-7-6-8-15(13-14)21-2/h4-10,13,18,20H,3,11-12H2,1-2H3. The van der Waals surface area contributed by atoms with E-state index in [1.807, 2.05) is 30.3 Å². The summed E-state index contributed by atoms with van der Waals surface area (Å²) in [6, 6.07) is 15.1. The average molecular weight is 287 g/mol. The van der Waals surface area contributed by atoms with Crippen molar-refractivity contribution in [2.45, 2.75) is 25.8 Å². The van der Waals surface area contributed by atoms with Gasteiger partial charge in [0.25, 0.3) is 0 Å². The number of hydrogen-bond donors (Lipinski definition) is 1. The van der Waals surface area contributed by atoms with Gasteiger partial charge in [-0.1, -0.05) is 37.3 Å². The van der Waals surface area contributed by atoms with Gasteiger partial charge in [-0.2, -0.15) is 0 Å². The Bertz CT molecular complexity index is 571. The second-order valence-electron chi connectivity index (χ2n) is 5.04. The molecule has 1 atom stereocenters. The van der Waals surface area contributed by atoms with Crippen LogP contribution in [0.5, 0.6) is 5.75 Å². The summed E-state index contributed by atoms with van der Waals surface area (Å²) in [6.07, 6.45) is 1.75. The summed E-state index contributed by atoms with van der Waals surface area (Å²) < 4.78 is 19.0. The van der Waals surface area contributed by atoms with E-state index in [1.165, 1.54) is 11.6 Å². The molecule has 1 unspecified atom stereocenters. The van der Waals surface area contributed by atoms with Crippen molar-refractivity contribution in [3.05, 3.63) is 65.5 Å². The first-order chi connectivity index (χ1) is 10.2. The lowest BCUT2D eigenvalue weighted by Crippen LogP contribution is -2.24. The highest BCUT2D eigenvalue weighted by Crippen LogP contribution is 2.20. The summed E-state index contributed by atoms with van der Waals surface area (Å²) in [5, 5.41) is 3.43. The highest BCUT2D eigenvalue weighted by Gasteiger charge is 2.12. The first kappa shape index (κ1) is 15.5. The van der Waals surface area contributed by atoms with Crippen molar-refractivity contribution < 1.29 is 9.13 Å². The number of hydrogen-bond acceptors (Lipinski definition) is 2. The molecule has 0 radical (unpaired) electrons. The Morgan fingerprint density at radius 1 is 1.14 bits per heavy atom. The van der Waals surface area contributed by atoms with E-state index in [0.29, 0.717) is 0 Å². The highest BCUT2D eigenvalue weighted by atomic mass is 19.1. The number of ether oxygens (including phenoxy) is 1. The maximum Gasteiger partial charge on any atom is 0.127 e. The minimum absolute atomic E-state index is 0.0526. The Balaban J connectivity index is 1.93. The lowest BCUT2D eigenvalue weighted by Gasteiger charge is -2.18. The summed E-state index contributed by atoms with van der Waals surface area (Å²) in [7, 11) is 1.67. The van der Waals surface area contributed by atoms with Crippen molar-refractivity contribution in [1.82, 2.24) is 5.32 Å². The van der Waals surface area contributed by atoms with Crippen LogP contribution in [0.25, 0.3) is 0 Å². The summed E-state index contributed by atoms with van der Waals surface area (Å²) >= 11 is 0. The van der Waals surface area contributed by atoms with E-state index in [2.05, 4.69) is 18.3 Å². The third-order valence-electron chi connectivity index (χ3n) is 3.63. The quantitative estimate of drug-likeness (QED) is 0.827. The van der Waals surface area contributed by atoms with Crippen LogP contribution in [0.15, 0.2) is 48.5 Å². The molecule has 112 valence electrons.